The fourth-order valence-corrected chi connectivity index (χ4v) is 1.63. The summed E-state index contributed by atoms with van der Waals surface area (Å²) in [5.74, 6) is 0. The maximum absolute atomic E-state index is 9.53. The minimum atomic E-state index is -0.204. The summed E-state index contributed by atoms with van der Waals surface area (Å²) < 4.78 is 0. The summed E-state index contributed by atoms with van der Waals surface area (Å²) in [6, 6.07) is 0. The Hall–Kier alpha value is -0.0400. The molecule has 0 aromatic rings. The van der Waals surface area contributed by atoms with Crippen molar-refractivity contribution < 1.29 is 5.11 Å². The van der Waals surface area contributed by atoms with Gasteiger partial charge in [-0.15, -0.1) is 0 Å². The maximum Gasteiger partial charge on any atom is 0.0650 e. The molecule has 1 rings (SSSR count). The molecular weight excluding hydrogens is 148 g/mol. The maximum atomic E-state index is 9.53. The minimum absolute atomic E-state index is 0.204. The van der Waals surface area contributed by atoms with Gasteiger partial charge in [-0.05, 0) is 19.3 Å². The van der Waals surface area contributed by atoms with Crippen LogP contribution in [0.25, 0.3) is 0 Å². The molecule has 0 aromatic carbocycles. The van der Waals surface area contributed by atoms with Crippen molar-refractivity contribution in [1.29, 1.82) is 0 Å². The number of hydrogen-bond donors (Lipinski definition) is 1. The second kappa shape index (κ2) is 4.86. The summed E-state index contributed by atoms with van der Waals surface area (Å²) in [4.78, 5) is 0. The Labute approximate surface area is 76.2 Å². The van der Waals surface area contributed by atoms with Gasteiger partial charge in [0.15, 0.2) is 0 Å². The van der Waals surface area contributed by atoms with E-state index in [1.807, 2.05) is 0 Å². The van der Waals surface area contributed by atoms with Crippen LogP contribution in [0.15, 0.2) is 0 Å². The van der Waals surface area contributed by atoms with Crippen molar-refractivity contribution in [2.45, 2.75) is 70.3 Å². The molecule has 0 aromatic heterocycles. The first-order valence-corrected chi connectivity index (χ1v) is 5.49. The molecule has 0 amide bonds. The number of unbranched alkanes of at least 4 members (excludes halogenated alkanes) is 5. The van der Waals surface area contributed by atoms with Gasteiger partial charge >= 0.3 is 0 Å². The van der Waals surface area contributed by atoms with E-state index in [-0.39, 0.29) is 5.60 Å². The van der Waals surface area contributed by atoms with Crippen LogP contribution in [0.5, 0.6) is 0 Å². The van der Waals surface area contributed by atoms with Gasteiger partial charge in [-0.3, -0.25) is 0 Å². The summed E-state index contributed by atoms with van der Waals surface area (Å²) in [5, 5.41) is 9.53. The standard InChI is InChI=1S/C11H22O/c1-2-3-4-5-6-7-8-11(12)9-10-11/h12H,2-10H2,1H3. The van der Waals surface area contributed by atoms with Gasteiger partial charge in [0.2, 0.25) is 0 Å². The molecule has 12 heavy (non-hydrogen) atoms. The molecule has 72 valence electrons. The van der Waals surface area contributed by atoms with E-state index < -0.39 is 0 Å². The Morgan fingerprint density at radius 2 is 1.58 bits per heavy atom. The van der Waals surface area contributed by atoms with E-state index in [1.165, 1.54) is 38.5 Å². The van der Waals surface area contributed by atoms with E-state index in [1.54, 1.807) is 0 Å². The molecule has 1 aliphatic rings. The van der Waals surface area contributed by atoms with E-state index in [2.05, 4.69) is 6.92 Å². The molecule has 0 atom stereocenters. The van der Waals surface area contributed by atoms with Crippen LogP contribution in [0.4, 0.5) is 0 Å². The third kappa shape index (κ3) is 4.10. The second-order valence-corrected chi connectivity index (χ2v) is 4.24. The lowest BCUT2D eigenvalue weighted by atomic mass is 10.1. The Morgan fingerprint density at radius 1 is 1.00 bits per heavy atom. The average Bonchev–Trinajstić information content (AvgIpc) is 2.77. The normalized spacial score (nSPS) is 19.5. The van der Waals surface area contributed by atoms with E-state index >= 15 is 0 Å². The number of aliphatic hydroxyl groups is 1. The van der Waals surface area contributed by atoms with Crippen LogP contribution in [-0.4, -0.2) is 10.7 Å². The molecule has 0 saturated heterocycles. The van der Waals surface area contributed by atoms with Crippen molar-refractivity contribution in [3.8, 4) is 0 Å². The monoisotopic (exact) mass is 170 g/mol. The smallest absolute Gasteiger partial charge is 0.0650 e. The lowest BCUT2D eigenvalue weighted by molar-refractivity contribution is 0.136. The Kier molecular flexibility index (Phi) is 4.07. The first-order valence-electron chi connectivity index (χ1n) is 5.49. The zero-order valence-electron chi connectivity index (χ0n) is 8.31. The topological polar surface area (TPSA) is 20.2 Å². The Morgan fingerprint density at radius 3 is 2.17 bits per heavy atom. The molecule has 1 N–H and O–H groups in total. The van der Waals surface area contributed by atoms with Crippen LogP contribution in [0, 0.1) is 0 Å². The van der Waals surface area contributed by atoms with E-state index in [4.69, 9.17) is 0 Å². The van der Waals surface area contributed by atoms with Crippen molar-refractivity contribution in [3.05, 3.63) is 0 Å². The van der Waals surface area contributed by atoms with Crippen LogP contribution >= 0.6 is 0 Å². The fraction of sp³-hybridized carbons (Fsp3) is 1.00. The first-order chi connectivity index (χ1) is 5.77. The molecule has 1 heteroatoms. The van der Waals surface area contributed by atoms with Crippen molar-refractivity contribution >= 4 is 0 Å². The summed E-state index contributed by atoms with van der Waals surface area (Å²) in [6.07, 6.45) is 11.2. The lowest BCUT2D eigenvalue weighted by Gasteiger charge is -2.05. The van der Waals surface area contributed by atoms with E-state index in [0.29, 0.717) is 0 Å². The highest BCUT2D eigenvalue weighted by Crippen LogP contribution is 2.39. The predicted octanol–water partition coefficient (Wildman–Crippen LogP) is 3.26. The van der Waals surface area contributed by atoms with Gasteiger partial charge < -0.3 is 5.11 Å². The van der Waals surface area contributed by atoms with Crippen molar-refractivity contribution in [1.82, 2.24) is 0 Å². The molecule has 0 heterocycles. The van der Waals surface area contributed by atoms with Crippen LogP contribution in [-0.2, 0) is 0 Å². The van der Waals surface area contributed by atoms with Crippen molar-refractivity contribution in [3.63, 3.8) is 0 Å². The average molecular weight is 170 g/mol. The molecular formula is C11H22O. The third-order valence-electron chi connectivity index (χ3n) is 2.82. The van der Waals surface area contributed by atoms with Crippen molar-refractivity contribution in [2.24, 2.45) is 0 Å². The highest BCUT2D eigenvalue weighted by atomic mass is 16.3. The zero-order valence-corrected chi connectivity index (χ0v) is 8.31. The van der Waals surface area contributed by atoms with Gasteiger partial charge in [0.25, 0.3) is 0 Å². The van der Waals surface area contributed by atoms with Gasteiger partial charge in [0.1, 0.15) is 0 Å². The largest absolute Gasteiger partial charge is 0.390 e. The summed E-state index contributed by atoms with van der Waals surface area (Å²) in [6.45, 7) is 2.24. The second-order valence-electron chi connectivity index (χ2n) is 4.24. The molecule has 0 bridgehead atoms. The third-order valence-corrected chi connectivity index (χ3v) is 2.82. The van der Waals surface area contributed by atoms with Gasteiger partial charge in [0, 0.05) is 0 Å². The van der Waals surface area contributed by atoms with Crippen LogP contribution in [0.2, 0.25) is 0 Å². The van der Waals surface area contributed by atoms with Crippen LogP contribution < -0.4 is 0 Å². The van der Waals surface area contributed by atoms with Gasteiger partial charge in [-0.25, -0.2) is 0 Å². The zero-order chi connectivity index (χ0) is 8.86. The molecule has 1 aliphatic carbocycles. The molecule has 1 nitrogen and oxygen atoms in total. The summed E-state index contributed by atoms with van der Waals surface area (Å²) >= 11 is 0. The molecule has 0 aliphatic heterocycles. The van der Waals surface area contributed by atoms with Gasteiger partial charge in [-0.2, -0.15) is 0 Å². The lowest BCUT2D eigenvalue weighted by Crippen LogP contribution is -2.05. The predicted molar refractivity (Wildman–Crippen MR) is 52.2 cm³/mol. The Bertz CT molecular complexity index is 116. The van der Waals surface area contributed by atoms with Crippen LogP contribution in [0.1, 0.15) is 64.7 Å². The fourth-order valence-electron chi connectivity index (χ4n) is 1.63. The molecule has 0 radical (unpaired) electrons. The van der Waals surface area contributed by atoms with Crippen molar-refractivity contribution in [2.75, 3.05) is 0 Å². The number of rotatable bonds is 7. The first kappa shape index (κ1) is 10.0. The summed E-state index contributed by atoms with van der Waals surface area (Å²) in [5.41, 5.74) is -0.204. The minimum Gasteiger partial charge on any atom is -0.390 e. The molecule has 0 spiro atoms. The highest BCUT2D eigenvalue weighted by molar-refractivity contribution is 4.92. The van der Waals surface area contributed by atoms with E-state index in [9.17, 15) is 5.11 Å². The van der Waals surface area contributed by atoms with E-state index in [0.717, 1.165) is 19.3 Å². The number of hydrogen-bond acceptors (Lipinski definition) is 1. The van der Waals surface area contributed by atoms with Crippen LogP contribution in [0.3, 0.4) is 0 Å². The SMILES string of the molecule is CCCCCCCCC1(O)CC1. The van der Waals surface area contributed by atoms with Gasteiger partial charge in [0.05, 0.1) is 5.60 Å². The molecule has 1 fully saturated rings. The molecule has 0 unspecified atom stereocenters. The quantitative estimate of drug-likeness (QED) is 0.581. The summed E-state index contributed by atoms with van der Waals surface area (Å²) in [7, 11) is 0. The Balaban J connectivity index is 1.77. The highest BCUT2D eigenvalue weighted by Gasteiger charge is 2.38. The van der Waals surface area contributed by atoms with Gasteiger partial charge in [-0.1, -0.05) is 45.4 Å². The molecule has 1 saturated carbocycles.